The summed E-state index contributed by atoms with van der Waals surface area (Å²) < 4.78 is 5.05. The molecule has 0 saturated carbocycles. The summed E-state index contributed by atoms with van der Waals surface area (Å²) in [5.74, 6) is 0.516. The molecule has 0 saturated heterocycles. The predicted octanol–water partition coefficient (Wildman–Crippen LogP) is 2.26. The Balaban J connectivity index is 2.18. The van der Waals surface area contributed by atoms with Gasteiger partial charge in [0.1, 0.15) is 5.69 Å². The Labute approximate surface area is 93.9 Å². The molecule has 0 aliphatic carbocycles. The minimum atomic E-state index is 0.445. The SMILES string of the molecule is CCCNc1nc(-c2cccc(C)n2)no1. The van der Waals surface area contributed by atoms with E-state index >= 15 is 0 Å². The standard InChI is InChI=1S/C11H14N4O/c1-3-7-12-11-14-10(15-16-11)9-6-4-5-8(2)13-9/h4-6H,3,7H2,1-2H3,(H,12,14,15). The molecule has 5 heteroatoms. The molecule has 0 radical (unpaired) electrons. The summed E-state index contributed by atoms with van der Waals surface area (Å²) in [6.45, 7) is 4.83. The van der Waals surface area contributed by atoms with Crippen LogP contribution in [0.5, 0.6) is 0 Å². The van der Waals surface area contributed by atoms with Crippen LogP contribution in [0.2, 0.25) is 0 Å². The number of nitrogens with zero attached hydrogens (tertiary/aromatic N) is 3. The van der Waals surface area contributed by atoms with Gasteiger partial charge in [-0.1, -0.05) is 18.1 Å². The lowest BCUT2D eigenvalue weighted by atomic mass is 10.3. The second-order valence-corrected chi connectivity index (χ2v) is 3.51. The molecule has 0 aromatic carbocycles. The van der Waals surface area contributed by atoms with Gasteiger partial charge >= 0.3 is 6.01 Å². The highest BCUT2D eigenvalue weighted by molar-refractivity contribution is 5.49. The monoisotopic (exact) mass is 218 g/mol. The summed E-state index contributed by atoms with van der Waals surface area (Å²) in [6, 6.07) is 6.16. The molecule has 84 valence electrons. The zero-order valence-corrected chi connectivity index (χ0v) is 9.40. The maximum atomic E-state index is 5.05. The molecule has 1 N–H and O–H groups in total. The Morgan fingerprint density at radius 2 is 2.19 bits per heavy atom. The largest absolute Gasteiger partial charge is 0.338 e. The van der Waals surface area contributed by atoms with E-state index in [1.807, 2.05) is 25.1 Å². The Morgan fingerprint density at radius 1 is 1.31 bits per heavy atom. The van der Waals surface area contributed by atoms with Gasteiger partial charge in [-0.25, -0.2) is 4.98 Å². The van der Waals surface area contributed by atoms with Crippen molar-refractivity contribution in [2.75, 3.05) is 11.9 Å². The molecule has 2 aromatic heterocycles. The first-order chi connectivity index (χ1) is 7.79. The predicted molar refractivity (Wildman–Crippen MR) is 61.0 cm³/mol. The average Bonchev–Trinajstić information content (AvgIpc) is 2.75. The van der Waals surface area contributed by atoms with Crippen molar-refractivity contribution >= 4 is 6.01 Å². The molecule has 0 unspecified atom stereocenters. The second-order valence-electron chi connectivity index (χ2n) is 3.51. The molecule has 0 amide bonds. The van der Waals surface area contributed by atoms with Crippen LogP contribution in [0.3, 0.4) is 0 Å². The van der Waals surface area contributed by atoms with Gasteiger partial charge in [-0.2, -0.15) is 4.98 Å². The van der Waals surface area contributed by atoms with Crippen LogP contribution in [0, 0.1) is 6.92 Å². The minimum absolute atomic E-state index is 0.445. The van der Waals surface area contributed by atoms with Crippen LogP contribution in [0.1, 0.15) is 19.0 Å². The zero-order chi connectivity index (χ0) is 11.4. The lowest BCUT2D eigenvalue weighted by Crippen LogP contribution is -1.99. The van der Waals surface area contributed by atoms with E-state index in [0.29, 0.717) is 11.8 Å². The van der Waals surface area contributed by atoms with E-state index in [4.69, 9.17) is 4.52 Å². The fourth-order valence-electron chi connectivity index (χ4n) is 1.30. The van der Waals surface area contributed by atoms with E-state index in [9.17, 15) is 0 Å². The summed E-state index contributed by atoms with van der Waals surface area (Å²) in [4.78, 5) is 8.53. The summed E-state index contributed by atoms with van der Waals surface area (Å²) in [5.41, 5.74) is 1.67. The van der Waals surface area contributed by atoms with E-state index in [-0.39, 0.29) is 0 Å². The fraction of sp³-hybridized carbons (Fsp3) is 0.364. The van der Waals surface area contributed by atoms with Gasteiger partial charge < -0.3 is 9.84 Å². The van der Waals surface area contributed by atoms with Crippen LogP contribution >= 0.6 is 0 Å². The van der Waals surface area contributed by atoms with Gasteiger partial charge in [0.15, 0.2) is 0 Å². The second kappa shape index (κ2) is 4.74. The van der Waals surface area contributed by atoms with Crippen molar-refractivity contribution in [1.29, 1.82) is 0 Å². The van der Waals surface area contributed by atoms with Gasteiger partial charge in [-0.15, -0.1) is 0 Å². The summed E-state index contributed by atoms with van der Waals surface area (Å²) in [5, 5.41) is 6.90. The highest BCUT2D eigenvalue weighted by Crippen LogP contribution is 2.15. The van der Waals surface area contributed by atoms with Gasteiger partial charge in [-0.3, -0.25) is 0 Å². The van der Waals surface area contributed by atoms with Gasteiger partial charge in [0.25, 0.3) is 0 Å². The van der Waals surface area contributed by atoms with Gasteiger partial charge in [0.05, 0.1) is 0 Å². The van der Waals surface area contributed by atoms with Crippen molar-refractivity contribution in [2.45, 2.75) is 20.3 Å². The molecule has 2 rings (SSSR count). The third-order valence-electron chi connectivity index (χ3n) is 2.07. The number of anilines is 1. The number of pyridine rings is 1. The number of aryl methyl sites for hydroxylation is 1. The maximum absolute atomic E-state index is 5.05. The number of nitrogens with one attached hydrogen (secondary N) is 1. The molecule has 0 aliphatic rings. The first kappa shape index (κ1) is 10.6. The Kier molecular flexibility index (Phi) is 3.14. The van der Waals surface area contributed by atoms with Crippen LogP contribution < -0.4 is 5.32 Å². The number of rotatable bonds is 4. The van der Waals surface area contributed by atoms with Crippen molar-refractivity contribution in [1.82, 2.24) is 15.1 Å². The highest BCUT2D eigenvalue weighted by Gasteiger charge is 2.08. The van der Waals surface area contributed by atoms with Gasteiger partial charge in [-0.05, 0) is 25.5 Å². The Bertz CT molecular complexity index is 467. The molecule has 0 aliphatic heterocycles. The highest BCUT2D eigenvalue weighted by atomic mass is 16.5. The van der Waals surface area contributed by atoms with Crippen molar-refractivity contribution in [3.63, 3.8) is 0 Å². The first-order valence-electron chi connectivity index (χ1n) is 5.31. The molecular formula is C11H14N4O. The summed E-state index contributed by atoms with van der Waals surface area (Å²) in [6.07, 6.45) is 1.01. The Morgan fingerprint density at radius 3 is 2.94 bits per heavy atom. The molecule has 0 bridgehead atoms. The summed E-state index contributed by atoms with van der Waals surface area (Å²) >= 11 is 0. The summed E-state index contributed by atoms with van der Waals surface area (Å²) in [7, 11) is 0. The van der Waals surface area contributed by atoms with Crippen LogP contribution in [0.15, 0.2) is 22.7 Å². The van der Waals surface area contributed by atoms with Gasteiger partial charge in [0.2, 0.25) is 5.82 Å². The fourth-order valence-corrected chi connectivity index (χ4v) is 1.30. The third-order valence-corrected chi connectivity index (χ3v) is 2.07. The minimum Gasteiger partial charge on any atom is -0.338 e. The number of hydrogen-bond donors (Lipinski definition) is 1. The molecular weight excluding hydrogens is 204 g/mol. The van der Waals surface area contributed by atoms with E-state index < -0.39 is 0 Å². The third kappa shape index (κ3) is 2.36. The van der Waals surface area contributed by atoms with Crippen LogP contribution in [-0.2, 0) is 0 Å². The van der Waals surface area contributed by atoms with Crippen LogP contribution in [-0.4, -0.2) is 21.7 Å². The normalized spacial score (nSPS) is 10.4. The smallest absolute Gasteiger partial charge is 0.321 e. The molecule has 2 aromatic rings. The van der Waals surface area contributed by atoms with Crippen molar-refractivity contribution < 1.29 is 4.52 Å². The topological polar surface area (TPSA) is 63.8 Å². The molecule has 0 atom stereocenters. The van der Waals surface area contributed by atoms with Crippen molar-refractivity contribution in [2.24, 2.45) is 0 Å². The lowest BCUT2D eigenvalue weighted by molar-refractivity contribution is 0.432. The van der Waals surface area contributed by atoms with E-state index in [1.165, 1.54) is 0 Å². The van der Waals surface area contributed by atoms with Crippen molar-refractivity contribution in [3.05, 3.63) is 23.9 Å². The van der Waals surface area contributed by atoms with E-state index in [0.717, 1.165) is 24.4 Å². The van der Waals surface area contributed by atoms with E-state index in [2.05, 4.69) is 27.4 Å². The molecule has 5 nitrogen and oxygen atoms in total. The number of aromatic nitrogens is 3. The zero-order valence-electron chi connectivity index (χ0n) is 9.40. The molecule has 2 heterocycles. The molecule has 0 fully saturated rings. The van der Waals surface area contributed by atoms with Crippen LogP contribution in [0.25, 0.3) is 11.5 Å². The Hall–Kier alpha value is -1.91. The van der Waals surface area contributed by atoms with Gasteiger partial charge in [0, 0.05) is 12.2 Å². The average molecular weight is 218 g/mol. The maximum Gasteiger partial charge on any atom is 0.321 e. The number of hydrogen-bond acceptors (Lipinski definition) is 5. The first-order valence-corrected chi connectivity index (χ1v) is 5.31. The van der Waals surface area contributed by atoms with Crippen LogP contribution in [0.4, 0.5) is 6.01 Å². The molecule has 16 heavy (non-hydrogen) atoms. The van der Waals surface area contributed by atoms with Crippen molar-refractivity contribution in [3.8, 4) is 11.5 Å². The van der Waals surface area contributed by atoms with E-state index in [1.54, 1.807) is 0 Å². The quantitative estimate of drug-likeness (QED) is 0.852. The lowest BCUT2D eigenvalue weighted by Gasteiger charge is -1.95. The molecule has 0 spiro atoms.